The van der Waals surface area contributed by atoms with Crippen LogP contribution in [0.2, 0.25) is 0 Å². The summed E-state index contributed by atoms with van der Waals surface area (Å²) in [5, 5.41) is 5.26. The number of ether oxygens (including phenoxy) is 1. The number of aromatic nitrogens is 2. The molecule has 30 heavy (non-hydrogen) atoms. The van der Waals surface area contributed by atoms with Crippen LogP contribution in [0.4, 0.5) is 4.79 Å². The third-order valence-corrected chi connectivity index (χ3v) is 6.27. The number of rotatable bonds is 10. The van der Waals surface area contributed by atoms with Crippen molar-refractivity contribution >= 4 is 33.1 Å². The van der Waals surface area contributed by atoms with Crippen molar-refractivity contribution in [2.24, 2.45) is 0 Å². The van der Waals surface area contributed by atoms with E-state index in [1.165, 1.54) is 14.1 Å². The van der Waals surface area contributed by atoms with Gasteiger partial charge in [0, 0.05) is 46.6 Å². The van der Waals surface area contributed by atoms with Gasteiger partial charge in [-0.15, -0.1) is 0 Å². The zero-order chi connectivity index (χ0) is 22.3. The van der Waals surface area contributed by atoms with Crippen LogP contribution < -0.4 is 10.6 Å². The number of imidazole rings is 1. The summed E-state index contributed by atoms with van der Waals surface area (Å²) in [7, 11) is -0.581. The number of sulfonamides is 1. The first-order valence-electron chi connectivity index (χ1n) is 9.79. The van der Waals surface area contributed by atoms with Crippen molar-refractivity contribution in [2.45, 2.75) is 38.1 Å². The lowest BCUT2D eigenvalue weighted by Crippen LogP contribution is -2.35. The largest absolute Gasteiger partial charge is 0.450 e. The molecule has 10 nitrogen and oxygen atoms in total. The Morgan fingerprint density at radius 1 is 1.17 bits per heavy atom. The lowest BCUT2D eigenvalue weighted by atomic mass is 10.2. The number of benzene rings is 1. The van der Waals surface area contributed by atoms with E-state index in [1.807, 2.05) is 11.5 Å². The Morgan fingerprint density at radius 3 is 2.50 bits per heavy atom. The van der Waals surface area contributed by atoms with E-state index >= 15 is 0 Å². The fourth-order valence-corrected chi connectivity index (χ4v) is 3.86. The highest BCUT2D eigenvalue weighted by atomic mass is 32.2. The molecule has 0 bridgehead atoms. The second kappa shape index (κ2) is 10.4. The minimum atomic E-state index is -3.55. The van der Waals surface area contributed by atoms with Gasteiger partial charge in [-0.3, -0.25) is 4.79 Å². The van der Waals surface area contributed by atoms with Crippen molar-refractivity contribution in [3.8, 4) is 0 Å². The molecule has 0 radical (unpaired) electrons. The zero-order valence-electron chi connectivity index (χ0n) is 17.8. The van der Waals surface area contributed by atoms with Gasteiger partial charge >= 0.3 is 6.09 Å². The quantitative estimate of drug-likeness (QED) is 0.535. The van der Waals surface area contributed by atoms with Gasteiger partial charge in [-0.2, -0.15) is 0 Å². The van der Waals surface area contributed by atoms with Gasteiger partial charge in [-0.25, -0.2) is 22.5 Å². The summed E-state index contributed by atoms with van der Waals surface area (Å²) in [6.45, 7) is 5.20. The molecule has 2 rings (SSSR count). The van der Waals surface area contributed by atoms with E-state index < -0.39 is 16.1 Å². The number of alkyl carbamates (subject to hydrolysis) is 1. The number of fused-ring (bicyclic) bond motifs is 1. The number of hydrogen-bond acceptors (Lipinski definition) is 6. The highest BCUT2D eigenvalue weighted by Gasteiger charge is 2.19. The highest BCUT2D eigenvalue weighted by molar-refractivity contribution is 7.89. The van der Waals surface area contributed by atoms with E-state index in [4.69, 9.17) is 4.74 Å². The van der Waals surface area contributed by atoms with Crippen LogP contribution in [-0.2, 0) is 32.5 Å². The van der Waals surface area contributed by atoms with E-state index in [-0.39, 0.29) is 23.8 Å². The first kappa shape index (κ1) is 23.6. The number of aryl methyl sites for hydroxylation is 2. The second-order valence-electron chi connectivity index (χ2n) is 6.71. The monoisotopic (exact) mass is 439 g/mol. The van der Waals surface area contributed by atoms with Gasteiger partial charge in [0.2, 0.25) is 15.9 Å². The number of carbonyl (C=O) groups excluding carboxylic acids is 2. The lowest BCUT2D eigenvalue weighted by molar-refractivity contribution is -0.121. The van der Waals surface area contributed by atoms with Crippen LogP contribution in [-0.4, -0.2) is 68.1 Å². The highest BCUT2D eigenvalue weighted by Crippen LogP contribution is 2.22. The standard InChI is InChI=1S/C19H29N5O5S/c1-5-24-16-8-7-14(30(27,28)23(3)4)13-15(16)22-17(24)9-10-18(25)20-11-12-21-19(26)29-6-2/h7-8,13H,5-6,9-12H2,1-4H3,(H,20,25)(H,21,26). The molecule has 2 aromatic rings. The third kappa shape index (κ3) is 5.70. The minimum Gasteiger partial charge on any atom is -0.450 e. The van der Waals surface area contributed by atoms with Crippen LogP contribution in [0.15, 0.2) is 23.1 Å². The number of nitrogens with one attached hydrogen (secondary N) is 2. The topological polar surface area (TPSA) is 123 Å². The van der Waals surface area contributed by atoms with Crippen molar-refractivity contribution in [1.29, 1.82) is 0 Å². The molecule has 1 aromatic heterocycles. The molecular weight excluding hydrogens is 410 g/mol. The molecular formula is C19H29N5O5S. The van der Waals surface area contributed by atoms with E-state index in [1.54, 1.807) is 25.1 Å². The number of carbonyl (C=O) groups is 2. The lowest BCUT2D eigenvalue weighted by Gasteiger charge is -2.11. The van der Waals surface area contributed by atoms with Crippen molar-refractivity contribution in [1.82, 2.24) is 24.5 Å². The summed E-state index contributed by atoms with van der Waals surface area (Å²) in [4.78, 5) is 28.0. The molecule has 11 heteroatoms. The summed E-state index contributed by atoms with van der Waals surface area (Å²) in [5.41, 5.74) is 1.40. The molecule has 0 fully saturated rings. The van der Waals surface area contributed by atoms with Gasteiger partial charge in [-0.05, 0) is 32.0 Å². The van der Waals surface area contributed by atoms with Gasteiger partial charge in [0.05, 0.1) is 22.5 Å². The van der Waals surface area contributed by atoms with Gasteiger partial charge in [0.1, 0.15) is 5.82 Å². The molecule has 0 aliphatic rings. The normalized spacial score (nSPS) is 11.6. The predicted octanol–water partition coefficient (Wildman–Crippen LogP) is 1.10. The number of hydrogen-bond donors (Lipinski definition) is 2. The average Bonchev–Trinajstić information content (AvgIpc) is 3.06. The molecule has 2 amide bonds. The van der Waals surface area contributed by atoms with Crippen molar-refractivity contribution < 1.29 is 22.7 Å². The summed E-state index contributed by atoms with van der Waals surface area (Å²) < 4.78 is 32.6. The molecule has 0 spiro atoms. The van der Waals surface area contributed by atoms with E-state index in [9.17, 15) is 18.0 Å². The molecule has 166 valence electrons. The SMILES string of the molecule is CCOC(=O)NCCNC(=O)CCc1nc2cc(S(=O)(=O)N(C)C)ccc2n1CC. The van der Waals surface area contributed by atoms with E-state index in [0.717, 1.165) is 9.82 Å². The third-order valence-electron chi connectivity index (χ3n) is 4.46. The van der Waals surface area contributed by atoms with Crippen LogP contribution in [0.3, 0.4) is 0 Å². The summed E-state index contributed by atoms with van der Waals surface area (Å²) in [5.74, 6) is 0.554. The molecule has 0 aliphatic carbocycles. The van der Waals surface area contributed by atoms with Gasteiger partial charge < -0.3 is 19.9 Å². The van der Waals surface area contributed by atoms with Gasteiger partial charge in [0.25, 0.3) is 0 Å². The minimum absolute atomic E-state index is 0.161. The number of nitrogens with zero attached hydrogens (tertiary/aromatic N) is 3. The zero-order valence-corrected chi connectivity index (χ0v) is 18.6. The second-order valence-corrected chi connectivity index (χ2v) is 8.86. The number of amides is 2. The Kier molecular flexibility index (Phi) is 8.18. The fraction of sp³-hybridized carbons (Fsp3) is 0.526. The molecule has 0 saturated heterocycles. The summed E-state index contributed by atoms with van der Waals surface area (Å²) in [6.07, 6.45) is 0.125. The first-order valence-corrected chi connectivity index (χ1v) is 11.2. The first-order chi connectivity index (χ1) is 14.2. The van der Waals surface area contributed by atoms with Crippen molar-refractivity contribution in [2.75, 3.05) is 33.8 Å². The maximum atomic E-state index is 12.4. The predicted molar refractivity (Wildman–Crippen MR) is 113 cm³/mol. The Balaban J connectivity index is 2.02. The Hall–Kier alpha value is -2.66. The Morgan fingerprint density at radius 2 is 1.87 bits per heavy atom. The van der Waals surface area contributed by atoms with Crippen LogP contribution in [0.1, 0.15) is 26.1 Å². The van der Waals surface area contributed by atoms with E-state index in [0.29, 0.717) is 37.5 Å². The average molecular weight is 440 g/mol. The van der Waals surface area contributed by atoms with Crippen LogP contribution in [0, 0.1) is 0 Å². The maximum absolute atomic E-state index is 12.4. The smallest absolute Gasteiger partial charge is 0.407 e. The molecule has 0 atom stereocenters. The van der Waals surface area contributed by atoms with Gasteiger partial charge in [-0.1, -0.05) is 0 Å². The van der Waals surface area contributed by atoms with Crippen molar-refractivity contribution in [3.05, 3.63) is 24.0 Å². The molecule has 1 aromatic carbocycles. The Labute approximate surface area is 176 Å². The summed E-state index contributed by atoms with van der Waals surface area (Å²) in [6, 6.07) is 4.87. The molecule has 2 N–H and O–H groups in total. The fourth-order valence-electron chi connectivity index (χ4n) is 2.94. The van der Waals surface area contributed by atoms with Crippen LogP contribution in [0.5, 0.6) is 0 Å². The molecule has 1 heterocycles. The van der Waals surface area contributed by atoms with Gasteiger partial charge in [0.15, 0.2) is 0 Å². The molecule has 0 saturated carbocycles. The Bertz CT molecular complexity index is 1000. The van der Waals surface area contributed by atoms with Crippen LogP contribution >= 0.6 is 0 Å². The summed E-state index contributed by atoms with van der Waals surface area (Å²) >= 11 is 0. The van der Waals surface area contributed by atoms with Crippen LogP contribution in [0.25, 0.3) is 11.0 Å². The molecule has 0 aliphatic heterocycles. The maximum Gasteiger partial charge on any atom is 0.407 e. The van der Waals surface area contributed by atoms with Crippen molar-refractivity contribution in [3.63, 3.8) is 0 Å². The molecule has 0 unspecified atom stereocenters. The van der Waals surface area contributed by atoms with E-state index in [2.05, 4.69) is 15.6 Å².